The summed E-state index contributed by atoms with van der Waals surface area (Å²) in [6, 6.07) is 5.00. The molecule has 0 N–H and O–H groups in total. The van der Waals surface area contributed by atoms with Crippen LogP contribution in [0.3, 0.4) is 0 Å². The molecule has 3 nitrogen and oxygen atoms in total. The molecule has 1 atom stereocenters. The van der Waals surface area contributed by atoms with Crippen molar-refractivity contribution in [2.45, 2.75) is 25.8 Å². The summed E-state index contributed by atoms with van der Waals surface area (Å²) < 4.78 is 13.9. The fourth-order valence-corrected chi connectivity index (χ4v) is 2.66. The van der Waals surface area contributed by atoms with Gasteiger partial charge in [-0.15, -0.1) is 0 Å². The van der Waals surface area contributed by atoms with E-state index >= 15 is 0 Å². The van der Waals surface area contributed by atoms with E-state index in [9.17, 15) is 9.18 Å². The second-order valence-electron chi connectivity index (χ2n) is 5.54. The van der Waals surface area contributed by atoms with E-state index in [0.717, 1.165) is 31.5 Å². The lowest BCUT2D eigenvalue weighted by Gasteiger charge is -2.27. The molecule has 2 rings (SSSR count). The van der Waals surface area contributed by atoms with Crippen LogP contribution in [-0.2, 0) is 0 Å². The van der Waals surface area contributed by atoms with Crippen molar-refractivity contribution in [1.29, 1.82) is 0 Å². The number of amides is 1. The van der Waals surface area contributed by atoms with Crippen LogP contribution in [0.5, 0.6) is 0 Å². The number of aryl methyl sites for hydroxylation is 1. The summed E-state index contributed by atoms with van der Waals surface area (Å²) in [5.74, 6) is -0.595. The van der Waals surface area contributed by atoms with Crippen LogP contribution < -0.4 is 0 Å². The second-order valence-corrected chi connectivity index (χ2v) is 5.54. The molecule has 1 aromatic rings. The Hall–Kier alpha value is -1.42. The summed E-state index contributed by atoms with van der Waals surface area (Å²) in [6.07, 6.45) is 2.00. The van der Waals surface area contributed by atoms with Gasteiger partial charge in [0.1, 0.15) is 5.82 Å². The monoisotopic (exact) mass is 264 g/mol. The standard InChI is InChI=1S/C15H21FN2O/c1-11-6-7-13(14(16)9-11)15(19)18-8-4-5-12(18)10-17(2)3/h6-7,9,12H,4-5,8,10H2,1-3H3. The smallest absolute Gasteiger partial charge is 0.257 e. The topological polar surface area (TPSA) is 23.6 Å². The number of hydrogen-bond donors (Lipinski definition) is 0. The maximum Gasteiger partial charge on any atom is 0.257 e. The molecular formula is C15H21FN2O. The van der Waals surface area contributed by atoms with Crippen LogP contribution in [0.25, 0.3) is 0 Å². The van der Waals surface area contributed by atoms with Crippen molar-refractivity contribution >= 4 is 5.91 Å². The molecule has 0 aliphatic carbocycles. The zero-order valence-electron chi connectivity index (χ0n) is 11.8. The minimum absolute atomic E-state index is 0.179. The Balaban J connectivity index is 2.18. The zero-order valence-corrected chi connectivity index (χ0v) is 11.8. The Morgan fingerprint density at radius 1 is 1.47 bits per heavy atom. The van der Waals surface area contributed by atoms with Crippen molar-refractivity contribution in [2.24, 2.45) is 0 Å². The van der Waals surface area contributed by atoms with Crippen LogP contribution in [0.15, 0.2) is 18.2 Å². The van der Waals surface area contributed by atoms with E-state index in [1.807, 2.05) is 25.9 Å². The molecule has 0 bridgehead atoms. The molecule has 1 aliphatic heterocycles. The van der Waals surface area contributed by atoms with Crippen LogP contribution in [0.1, 0.15) is 28.8 Å². The minimum Gasteiger partial charge on any atom is -0.334 e. The van der Waals surface area contributed by atoms with Gasteiger partial charge in [-0.25, -0.2) is 4.39 Å². The molecule has 19 heavy (non-hydrogen) atoms. The maximum absolute atomic E-state index is 13.9. The van der Waals surface area contributed by atoms with Crippen LogP contribution in [0.2, 0.25) is 0 Å². The maximum atomic E-state index is 13.9. The number of carbonyl (C=O) groups is 1. The van der Waals surface area contributed by atoms with Crippen molar-refractivity contribution in [3.8, 4) is 0 Å². The molecular weight excluding hydrogens is 243 g/mol. The van der Waals surface area contributed by atoms with Gasteiger partial charge < -0.3 is 9.80 Å². The molecule has 0 spiro atoms. The zero-order chi connectivity index (χ0) is 14.0. The third-order valence-corrected chi connectivity index (χ3v) is 3.57. The number of benzene rings is 1. The van der Waals surface area contributed by atoms with E-state index in [0.29, 0.717) is 0 Å². The normalized spacial score (nSPS) is 19.2. The average Bonchev–Trinajstić information content (AvgIpc) is 2.75. The van der Waals surface area contributed by atoms with E-state index < -0.39 is 5.82 Å². The first kappa shape index (κ1) is 14.0. The van der Waals surface area contributed by atoms with E-state index in [4.69, 9.17) is 0 Å². The third kappa shape index (κ3) is 3.13. The molecule has 1 amide bonds. The van der Waals surface area contributed by atoms with Crippen LogP contribution >= 0.6 is 0 Å². The first-order chi connectivity index (χ1) is 8.99. The molecule has 0 saturated carbocycles. The SMILES string of the molecule is Cc1ccc(C(=O)N2CCCC2CN(C)C)c(F)c1. The highest BCUT2D eigenvalue weighted by atomic mass is 19.1. The first-order valence-corrected chi connectivity index (χ1v) is 6.71. The number of likely N-dealkylation sites (N-methyl/N-ethyl adjacent to an activating group) is 1. The van der Waals surface area contributed by atoms with E-state index in [1.54, 1.807) is 12.1 Å². The van der Waals surface area contributed by atoms with Crippen molar-refractivity contribution in [3.05, 3.63) is 35.1 Å². The average molecular weight is 264 g/mol. The van der Waals surface area contributed by atoms with Gasteiger partial charge in [0.05, 0.1) is 5.56 Å². The predicted octanol–water partition coefficient (Wildman–Crippen LogP) is 2.30. The lowest BCUT2D eigenvalue weighted by Crippen LogP contribution is -2.41. The van der Waals surface area contributed by atoms with Crippen molar-refractivity contribution in [3.63, 3.8) is 0 Å². The Kier molecular flexibility index (Phi) is 4.20. The number of nitrogens with zero attached hydrogens (tertiary/aromatic N) is 2. The van der Waals surface area contributed by atoms with E-state index in [-0.39, 0.29) is 17.5 Å². The highest BCUT2D eigenvalue weighted by Crippen LogP contribution is 2.22. The van der Waals surface area contributed by atoms with Gasteiger partial charge >= 0.3 is 0 Å². The molecule has 104 valence electrons. The van der Waals surface area contributed by atoms with Crippen molar-refractivity contribution < 1.29 is 9.18 Å². The van der Waals surface area contributed by atoms with Crippen molar-refractivity contribution in [1.82, 2.24) is 9.80 Å². The Morgan fingerprint density at radius 3 is 2.84 bits per heavy atom. The largest absolute Gasteiger partial charge is 0.334 e. The molecule has 1 aromatic carbocycles. The summed E-state index contributed by atoms with van der Waals surface area (Å²) in [7, 11) is 3.99. The molecule has 0 radical (unpaired) electrons. The second kappa shape index (κ2) is 5.70. The minimum atomic E-state index is -0.416. The van der Waals surface area contributed by atoms with Gasteiger partial charge in [-0.2, -0.15) is 0 Å². The van der Waals surface area contributed by atoms with E-state index in [1.165, 1.54) is 6.07 Å². The number of carbonyl (C=O) groups excluding carboxylic acids is 1. The number of halogens is 1. The lowest BCUT2D eigenvalue weighted by atomic mass is 10.1. The Morgan fingerprint density at radius 2 is 2.21 bits per heavy atom. The summed E-state index contributed by atoms with van der Waals surface area (Å²) in [4.78, 5) is 16.3. The molecule has 4 heteroatoms. The van der Waals surface area contributed by atoms with Gasteiger partial charge in [0, 0.05) is 19.1 Å². The van der Waals surface area contributed by atoms with Gasteiger partial charge in [0.15, 0.2) is 0 Å². The fraction of sp³-hybridized carbons (Fsp3) is 0.533. The molecule has 1 aliphatic rings. The highest BCUT2D eigenvalue weighted by molar-refractivity contribution is 5.95. The van der Waals surface area contributed by atoms with Gasteiger partial charge in [-0.05, 0) is 51.6 Å². The summed E-state index contributed by atoms with van der Waals surface area (Å²) >= 11 is 0. The van der Waals surface area contributed by atoms with Gasteiger partial charge in [0.2, 0.25) is 0 Å². The summed E-state index contributed by atoms with van der Waals surface area (Å²) in [6.45, 7) is 3.38. The number of likely N-dealkylation sites (tertiary alicyclic amines) is 1. The fourth-order valence-electron chi connectivity index (χ4n) is 2.66. The molecule has 1 fully saturated rings. The van der Waals surface area contributed by atoms with Gasteiger partial charge in [-0.3, -0.25) is 4.79 Å². The number of rotatable bonds is 3. The molecule has 1 saturated heterocycles. The van der Waals surface area contributed by atoms with Crippen molar-refractivity contribution in [2.75, 3.05) is 27.2 Å². The third-order valence-electron chi connectivity index (χ3n) is 3.57. The molecule has 1 heterocycles. The number of hydrogen-bond acceptors (Lipinski definition) is 2. The Bertz CT molecular complexity index is 473. The van der Waals surface area contributed by atoms with Gasteiger partial charge in [-0.1, -0.05) is 6.07 Å². The van der Waals surface area contributed by atoms with E-state index in [2.05, 4.69) is 4.90 Å². The molecule has 0 aromatic heterocycles. The first-order valence-electron chi connectivity index (χ1n) is 6.71. The van der Waals surface area contributed by atoms with Gasteiger partial charge in [0.25, 0.3) is 5.91 Å². The summed E-state index contributed by atoms with van der Waals surface area (Å²) in [5, 5.41) is 0. The lowest BCUT2D eigenvalue weighted by molar-refractivity contribution is 0.0712. The van der Waals surface area contributed by atoms with Crippen LogP contribution in [-0.4, -0.2) is 48.9 Å². The van der Waals surface area contributed by atoms with Crippen LogP contribution in [0.4, 0.5) is 4.39 Å². The van der Waals surface area contributed by atoms with Crippen LogP contribution in [0, 0.1) is 12.7 Å². The highest BCUT2D eigenvalue weighted by Gasteiger charge is 2.30. The quantitative estimate of drug-likeness (QED) is 0.836. The predicted molar refractivity (Wildman–Crippen MR) is 73.7 cm³/mol. The molecule has 1 unspecified atom stereocenters. The summed E-state index contributed by atoms with van der Waals surface area (Å²) in [5.41, 5.74) is 1.02. The Labute approximate surface area is 114 Å².